The van der Waals surface area contributed by atoms with E-state index in [1.165, 1.54) is 10.4 Å². The van der Waals surface area contributed by atoms with Crippen LogP contribution in [0.4, 0.5) is 10.6 Å². The lowest BCUT2D eigenvalue weighted by Gasteiger charge is -2.47. The third-order valence-corrected chi connectivity index (χ3v) is 15.7. The summed E-state index contributed by atoms with van der Waals surface area (Å²) in [5.74, 6) is 2.84. The van der Waals surface area contributed by atoms with Crippen molar-refractivity contribution in [1.82, 2.24) is 19.3 Å². The number of aromatic nitrogens is 3. The van der Waals surface area contributed by atoms with Crippen LogP contribution in [0.25, 0.3) is 5.52 Å². The van der Waals surface area contributed by atoms with E-state index in [2.05, 4.69) is 102 Å². The van der Waals surface area contributed by atoms with Gasteiger partial charge >= 0.3 is 6.09 Å². The van der Waals surface area contributed by atoms with Gasteiger partial charge in [0.1, 0.15) is 27.4 Å². The molecule has 0 radical (unpaired) electrons. The number of nitrogens with one attached hydrogen (secondary N) is 1. The second-order valence-corrected chi connectivity index (χ2v) is 19.4. The van der Waals surface area contributed by atoms with E-state index < -0.39 is 19.8 Å². The molecule has 3 heterocycles. The summed E-state index contributed by atoms with van der Waals surface area (Å²) in [6.07, 6.45) is 4.01. The van der Waals surface area contributed by atoms with Gasteiger partial charge in [-0.2, -0.15) is 0 Å². The number of fused-ring (bicyclic) bond motifs is 1. The van der Waals surface area contributed by atoms with E-state index in [-0.39, 0.29) is 17.6 Å². The maximum atomic E-state index is 13.0. The zero-order valence-corrected chi connectivity index (χ0v) is 32.6. The number of hydrogen-bond acceptors (Lipinski definition) is 7. The largest absolute Gasteiger partial charge is 0.497 e. The minimum atomic E-state index is -2.85. The molecule has 0 spiro atoms. The van der Waals surface area contributed by atoms with Crippen LogP contribution in [0.5, 0.6) is 11.5 Å². The summed E-state index contributed by atoms with van der Waals surface area (Å²) in [7, 11) is 0.408. The van der Waals surface area contributed by atoms with Gasteiger partial charge in [0.05, 0.1) is 26.9 Å². The molecule has 0 bridgehead atoms. The number of nitrogens with zero attached hydrogens (tertiary/aromatic N) is 4. The SMILES string of the molecule is COc1ccc(CNc2nccn3c(C4(C)CCC(CO[Si](c5ccccc5)(c5ccccc5)C(C)(C)C)N(C(=O)O)C4)nc(Br)c23)c(OC)c1. The Labute approximate surface area is 309 Å². The van der Waals surface area contributed by atoms with Crippen molar-refractivity contribution in [2.45, 2.75) is 63.6 Å². The van der Waals surface area contributed by atoms with E-state index >= 15 is 0 Å². The van der Waals surface area contributed by atoms with E-state index in [9.17, 15) is 9.90 Å². The van der Waals surface area contributed by atoms with Gasteiger partial charge in [-0.25, -0.2) is 14.8 Å². The second-order valence-electron chi connectivity index (χ2n) is 14.4. The van der Waals surface area contributed by atoms with Crippen LogP contribution in [0.2, 0.25) is 5.04 Å². The molecule has 2 N–H and O–H groups in total. The molecule has 2 atom stereocenters. The van der Waals surface area contributed by atoms with Crippen molar-refractivity contribution in [3.05, 3.63) is 107 Å². The number of carboxylic acid groups (broad SMARTS) is 1. The van der Waals surface area contributed by atoms with Gasteiger partial charge in [0.15, 0.2) is 5.82 Å². The molecule has 1 aliphatic rings. The Morgan fingerprint density at radius 2 is 1.71 bits per heavy atom. The molecule has 1 fully saturated rings. The van der Waals surface area contributed by atoms with Gasteiger partial charge in [-0.3, -0.25) is 4.40 Å². The van der Waals surface area contributed by atoms with E-state index in [1.54, 1.807) is 25.3 Å². The molecule has 1 saturated heterocycles. The Hall–Kier alpha value is -4.39. The molecule has 10 nitrogen and oxygen atoms in total. The highest BCUT2D eigenvalue weighted by Gasteiger charge is 2.51. The first-order chi connectivity index (χ1) is 24.4. The van der Waals surface area contributed by atoms with E-state index in [0.29, 0.717) is 41.5 Å². The fraction of sp³-hybridized carbons (Fsp3) is 0.359. The molecule has 5 aromatic rings. The van der Waals surface area contributed by atoms with Crippen molar-refractivity contribution in [1.29, 1.82) is 0 Å². The number of halogens is 1. The fourth-order valence-corrected chi connectivity index (χ4v) is 12.7. The lowest BCUT2D eigenvalue weighted by molar-refractivity contribution is 0.0534. The summed E-state index contributed by atoms with van der Waals surface area (Å²) in [6, 6.07) is 26.3. The van der Waals surface area contributed by atoms with Crippen LogP contribution in [0.3, 0.4) is 0 Å². The van der Waals surface area contributed by atoms with E-state index in [4.69, 9.17) is 18.9 Å². The van der Waals surface area contributed by atoms with Gasteiger partial charge < -0.3 is 29.2 Å². The third-order valence-electron chi connectivity index (χ3n) is 10.1. The van der Waals surface area contributed by atoms with Crippen LogP contribution in [-0.2, 0) is 16.4 Å². The maximum absolute atomic E-state index is 13.0. The van der Waals surface area contributed by atoms with Gasteiger partial charge in [-0.05, 0) is 56.3 Å². The van der Waals surface area contributed by atoms with Crippen LogP contribution in [0.1, 0.15) is 51.9 Å². The predicted molar refractivity (Wildman–Crippen MR) is 206 cm³/mol. The zero-order chi connectivity index (χ0) is 36.4. The standard InChI is InChI=1S/C39H46BrN5O5Si/c1-38(2,3)51(30-13-9-7-10-14-30,31-15-11-8-12-16-31)50-25-28-19-20-39(4,26-45(28)37(46)47)36-43-34(40)33-35(41-21-22-44(33)36)42-24-27-17-18-29(48-5)23-32(27)49-6/h7-18,21-23,28H,19-20,24-26H2,1-6H3,(H,41,42)(H,46,47). The van der Waals surface area contributed by atoms with Crippen LogP contribution >= 0.6 is 15.9 Å². The first-order valence-electron chi connectivity index (χ1n) is 17.1. The third kappa shape index (κ3) is 6.96. The maximum Gasteiger partial charge on any atom is 0.407 e. The number of imidazole rings is 1. The Kier molecular flexibility index (Phi) is 10.5. The van der Waals surface area contributed by atoms with Crippen LogP contribution in [-0.4, -0.2) is 72.2 Å². The second kappa shape index (κ2) is 14.7. The lowest BCUT2D eigenvalue weighted by atomic mass is 9.78. The molecule has 51 heavy (non-hydrogen) atoms. The minimum Gasteiger partial charge on any atom is -0.497 e. The van der Waals surface area contributed by atoms with E-state index in [1.807, 2.05) is 40.9 Å². The topological polar surface area (TPSA) is 110 Å². The molecule has 6 rings (SSSR count). The molecular formula is C39H46BrN5O5Si. The number of methoxy groups -OCH3 is 2. The number of piperidine rings is 1. The van der Waals surface area contributed by atoms with E-state index in [0.717, 1.165) is 23.3 Å². The summed E-state index contributed by atoms with van der Waals surface area (Å²) in [6.45, 7) is 9.84. The lowest BCUT2D eigenvalue weighted by Crippen LogP contribution is -2.67. The Balaban J connectivity index is 1.27. The Bertz CT molecular complexity index is 1950. The number of benzene rings is 3. The molecule has 2 unspecified atom stereocenters. The summed E-state index contributed by atoms with van der Waals surface area (Å²) in [5.41, 5.74) is 1.15. The number of hydrogen-bond donors (Lipinski definition) is 2. The molecule has 1 amide bonds. The highest BCUT2D eigenvalue weighted by atomic mass is 79.9. The van der Waals surface area contributed by atoms with Gasteiger partial charge in [0.25, 0.3) is 8.32 Å². The molecule has 0 aliphatic carbocycles. The van der Waals surface area contributed by atoms with Crippen LogP contribution in [0.15, 0.2) is 95.9 Å². The molecular weight excluding hydrogens is 726 g/mol. The summed E-state index contributed by atoms with van der Waals surface area (Å²) in [4.78, 5) is 24.2. The van der Waals surface area contributed by atoms with Crippen molar-refractivity contribution in [2.24, 2.45) is 0 Å². The average Bonchev–Trinajstić information content (AvgIpc) is 3.49. The highest BCUT2D eigenvalue weighted by Crippen LogP contribution is 2.41. The smallest absolute Gasteiger partial charge is 0.407 e. The highest BCUT2D eigenvalue weighted by molar-refractivity contribution is 9.10. The van der Waals surface area contributed by atoms with Crippen molar-refractivity contribution in [3.63, 3.8) is 0 Å². The first-order valence-corrected chi connectivity index (χ1v) is 19.8. The molecule has 268 valence electrons. The van der Waals surface area contributed by atoms with Gasteiger partial charge in [0.2, 0.25) is 0 Å². The first kappa shape index (κ1) is 36.4. The Morgan fingerprint density at radius 1 is 1.04 bits per heavy atom. The van der Waals surface area contributed by atoms with Crippen molar-refractivity contribution in [3.8, 4) is 11.5 Å². The average molecular weight is 773 g/mol. The zero-order valence-electron chi connectivity index (χ0n) is 30.0. The fourth-order valence-electron chi connectivity index (χ4n) is 7.52. The number of likely N-dealkylation sites (tertiary alicyclic amines) is 1. The van der Waals surface area contributed by atoms with Crippen molar-refractivity contribution in [2.75, 3.05) is 32.7 Å². The number of ether oxygens (including phenoxy) is 2. The predicted octanol–water partition coefficient (Wildman–Crippen LogP) is 7.10. The van der Waals surface area contributed by atoms with Gasteiger partial charge in [0, 0.05) is 42.5 Å². The molecule has 12 heteroatoms. The Morgan fingerprint density at radius 3 is 2.29 bits per heavy atom. The number of rotatable bonds is 11. The number of anilines is 1. The van der Waals surface area contributed by atoms with Gasteiger partial charge in [-0.1, -0.05) is 88.4 Å². The molecule has 1 aliphatic heterocycles. The minimum absolute atomic E-state index is 0.216. The molecule has 0 saturated carbocycles. The van der Waals surface area contributed by atoms with Crippen LogP contribution < -0.4 is 25.2 Å². The normalized spacial score (nSPS) is 18.1. The number of amides is 1. The van der Waals surface area contributed by atoms with Crippen molar-refractivity contribution < 1.29 is 23.8 Å². The van der Waals surface area contributed by atoms with Crippen molar-refractivity contribution >= 4 is 52.0 Å². The summed E-state index contributed by atoms with van der Waals surface area (Å²) in [5, 5.41) is 16.2. The quantitative estimate of drug-likeness (QED) is 0.137. The number of carbonyl (C=O) groups is 1. The summed E-state index contributed by atoms with van der Waals surface area (Å²) >= 11 is 3.70. The van der Waals surface area contributed by atoms with Gasteiger partial charge in [-0.15, -0.1) is 0 Å². The van der Waals surface area contributed by atoms with Crippen LogP contribution in [0, 0.1) is 0 Å². The molecule has 3 aromatic carbocycles. The summed E-state index contributed by atoms with van der Waals surface area (Å²) < 4.78 is 20.8. The monoisotopic (exact) mass is 771 g/mol. The molecule has 2 aromatic heterocycles.